The average molecular weight is 474 g/mol. The zero-order valence-electron chi connectivity index (χ0n) is 19.5. The lowest BCUT2D eigenvalue weighted by molar-refractivity contribution is -0.114. The Kier molecular flexibility index (Phi) is 6.00. The fourth-order valence-electron chi connectivity index (χ4n) is 4.60. The molecular weight excluding hydrogens is 446 g/mol. The highest BCUT2D eigenvalue weighted by atomic mass is 32.2. The minimum atomic E-state index is -1.50. The second kappa shape index (κ2) is 9.11. The quantitative estimate of drug-likeness (QED) is 0.481. The van der Waals surface area contributed by atoms with Gasteiger partial charge in [0.05, 0.1) is 4.91 Å². The van der Waals surface area contributed by atoms with E-state index in [1.807, 2.05) is 56.3 Å². The Morgan fingerprint density at radius 2 is 1.71 bits per heavy atom. The third-order valence-corrected chi connectivity index (χ3v) is 7.52. The molecule has 2 aliphatic carbocycles. The van der Waals surface area contributed by atoms with Gasteiger partial charge in [-0.05, 0) is 65.4 Å². The van der Waals surface area contributed by atoms with Crippen molar-refractivity contribution in [2.45, 2.75) is 45.6 Å². The average Bonchev–Trinajstić information content (AvgIpc) is 3.15. The number of nitrogens with one attached hydrogen (secondary N) is 1. The monoisotopic (exact) mass is 473 g/mol. The normalized spacial score (nSPS) is 21.4. The summed E-state index contributed by atoms with van der Waals surface area (Å²) in [5.74, 6) is 2.74. The number of ether oxygens (including phenoxy) is 2. The number of amides is 1. The molecule has 1 amide bonds. The lowest BCUT2D eigenvalue weighted by Crippen LogP contribution is -2.16. The van der Waals surface area contributed by atoms with Crippen LogP contribution in [0.4, 0.5) is 0 Å². The lowest BCUT2D eigenvalue weighted by atomic mass is 10.1. The molecule has 1 heterocycles. The number of hydrogen-bond donors (Lipinski definition) is 1. The van der Waals surface area contributed by atoms with Crippen LogP contribution in [0.25, 0.3) is 4.91 Å². The first-order valence-electron chi connectivity index (χ1n) is 11.7. The maximum atomic E-state index is 12.0. The second-order valence-electron chi connectivity index (χ2n) is 8.35. The molecule has 5 nitrogen and oxygen atoms in total. The van der Waals surface area contributed by atoms with Crippen molar-refractivity contribution in [1.82, 2.24) is 4.72 Å². The summed E-state index contributed by atoms with van der Waals surface area (Å²) < 4.78 is 26.9. The molecule has 1 N–H and O–H groups in total. The van der Waals surface area contributed by atoms with E-state index in [0.29, 0.717) is 10.8 Å². The molecule has 0 bridgehead atoms. The Morgan fingerprint density at radius 3 is 2.41 bits per heavy atom. The van der Waals surface area contributed by atoms with Crippen molar-refractivity contribution in [2.75, 3.05) is 0 Å². The highest BCUT2D eigenvalue weighted by molar-refractivity contribution is 7.93. The maximum Gasteiger partial charge on any atom is 0.257 e. The van der Waals surface area contributed by atoms with Crippen molar-refractivity contribution in [2.24, 2.45) is 0 Å². The molecule has 3 atom stereocenters. The van der Waals surface area contributed by atoms with Crippen LogP contribution in [0.5, 0.6) is 17.2 Å². The third kappa shape index (κ3) is 4.14. The topological polar surface area (TPSA) is 64.6 Å². The van der Waals surface area contributed by atoms with Crippen LogP contribution >= 0.6 is 0 Å². The lowest BCUT2D eigenvalue weighted by Gasteiger charge is -2.16. The van der Waals surface area contributed by atoms with Crippen LogP contribution in [0.1, 0.15) is 67.0 Å². The second-order valence-corrected chi connectivity index (χ2v) is 9.53. The minimum Gasteiger partial charge on any atom is -0.486 e. The summed E-state index contributed by atoms with van der Waals surface area (Å²) >= 11 is 0. The maximum absolute atomic E-state index is 12.0. The molecule has 3 aromatic rings. The predicted molar refractivity (Wildman–Crippen MR) is 134 cm³/mol. The van der Waals surface area contributed by atoms with Gasteiger partial charge >= 0.3 is 0 Å². The zero-order chi connectivity index (χ0) is 23.8. The molecule has 1 aliphatic heterocycles. The van der Waals surface area contributed by atoms with Gasteiger partial charge in [0, 0.05) is 17.6 Å². The van der Waals surface area contributed by atoms with Gasteiger partial charge in [-0.1, -0.05) is 51.1 Å². The van der Waals surface area contributed by atoms with Crippen LogP contribution in [-0.4, -0.2) is 10.1 Å². The Labute approximate surface area is 202 Å². The van der Waals surface area contributed by atoms with Crippen LogP contribution in [0.15, 0.2) is 66.7 Å². The number of carbonyl (C=O) groups is 1. The molecule has 0 fully saturated rings. The van der Waals surface area contributed by atoms with Crippen LogP contribution in [-0.2, 0) is 22.2 Å². The molecule has 0 saturated heterocycles. The van der Waals surface area contributed by atoms with E-state index in [4.69, 9.17) is 9.47 Å². The summed E-state index contributed by atoms with van der Waals surface area (Å²) in [6.45, 7) is 6.21. The fraction of sp³-hybridized carbons (Fsp3) is 0.250. The smallest absolute Gasteiger partial charge is 0.257 e. The molecule has 0 spiro atoms. The van der Waals surface area contributed by atoms with Gasteiger partial charge in [-0.3, -0.25) is 9.52 Å². The summed E-state index contributed by atoms with van der Waals surface area (Å²) in [6.07, 6.45) is 3.11. The molecule has 3 aliphatic rings. The first kappa shape index (κ1) is 22.4. The van der Waals surface area contributed by atoms with E-state index in [2.05, 4.69) is 29.8 Å². The molecule has 0 saturated carbocycles. The molecule has 34 heavy (non-hydrogen) atoms. The highest BCUT2D eigenvalue weighted by Crippen LogP contribution is 2.46. The first-order valence-corrected chi connectivity index (χ1v) is 12.9. The van der Waals surface area contributed by atoms with E-state index in [0.717, 1.165) is 41.2 Å². The fourth-order valence-corrected chi connectivity index (χ4v) is 5.51. The number of benzene rings is 3. The number of fused-ring (bicyclic) bond motifs is 2. The van der Waals surface area contributed by atoms with E-state index in [1.165, 1.54) is 22.8 Å². The van der Waals surface area contributed by atoms with E-state index in [9.17, 15) is 9.00 Å². The summed E-state index contributed by atoms with van der Waals surface area (Å²) in [5.41, 5.74) is 5.88. The molecule has 3 aromatic carbocycles. The van der Waals surface area contributed by atoms with Gasteiger partial charge in [0.25, 0.3) is 5.91 Å². The summed E-state index contributed by atoms with van der Waals surface area (Å²) in [5, 5.41) is 0. The molecule has 0 radical (unpaired) electrons. The van der Waals surface area contributed by atoms with Crippen LogP contribution in [0, 0.1) is 0 Å². The Morgan fingerprint density at radius 1 is 0.941 bits per heavy atom. The highest BCUT2D eigenvalue weighted by Gasteiger charge is 2.30. The van der Waals surface area contributed by atoms with Crippen LogP contribution < -0.4 is 14.2 Å². The SMILES string of the molecule is CC.C[C@H]1c2ccc(Oc3cccc4c3CCC4Oc3ccc(C4=CC(=O)NS4=O)cc3)cc21. The van der Waals surface area contributed by atoms with Crippen molar-refractivity contribution >= 4 is 21.8 Å². The summed E-state index contributed by atoms with van der Waals surface area (Å²) in [6, 6.07) is 19.9. The van der Waals surface area contributed by atoms with Crippen molar-refractivity contribution < 1.29 is 18.5 Å². The van der Waals surface area contributed by atoms with E-state index >= 15 is 0 Å². The van der Waals surface area contributed by atoms with Gasteiger partial charge in [0.1, 0.15) is 23.4 Å². The van der Waals surface area contributed by atoms with Gasteiger partial charge < -0.3 is 9.47 Å². The number of carbonyl (C=O) groups excluding carboxylic acids is 1. The largest absolute Gasteiger partial charge is 0.486 e. The Balaban J connectivity index is 0.00000117. The Bertz CT molecular complexity index is 1310. The van der Waals surface area contributed by atoms with Gasteiger partial charge in [-0.15, -0.1) is 0 Å². The van der Waals surface area contributed by atoms with Gasteiger partial charge in [-0.25, -0.2) is 4.21 Å². The molecule has 6 heteroatoms. The van der Waals surface area contributed by atoms with Crippen molar-refractivity contribution in [1.29, 1.82) is 0 Å². The van der Waals surface area contributed by atoms with Gasteiger partial charge in [0.15, 0.2) is 11.0 Å². The van der Waals surface area contributed by atoms with Crippen molar-refractivity contribution in [3.05, 3.63) is 94.6 Å². The van der Waals surface area contributed by atoms with Gasteiger partial charge in [-0.2, -0.15) is 0 Å². The Hall–Kier alpha value is -3.38. The molecule has 0 aromatic heterocycles. The third-order valence-electron chi connectivity index (χ3n) is 6.38. The standard InChI is InChI=1S/C26H21NO4S.C2H6/c1-15-19-10-9-18(13-22(15)19)31-23-4-2-3-20-21(23)11-12-24(20)30-17-7-5-16(6-8-17)25-14-26(28)27-32(25)29;1-2/h2-10,13-15,24H,11-12H2,1H3,(H,27,28);1-2H3/t15-,24?,32?;/m0./s1. The van der Waals surface area contributed by atoms with Crippen molar-refractivity contribution in [3.8, 4) is 17.2 Å². The number of rotatable bonds is 5. The van der Waals surface area contributed by atoms with Crippen molar-refractivity contribution in [3.63, 3.8) is 0 Å². The summed E-state index contributed by atoms with van der Waals surface area (Å²) in [4.78, 5) is 11.9. The van der Waals surface area contributed by atoms with Gasteiger partial charge in [0.2, 0.25) is 0 Å². The minimum absolute atomic E-state index is 0.0453. The first-order chi connectivity index (χ1) is 16.6. The summed E-state index contributed by atoms with van der Waals surface area (Å²) in [7, 11) is -1.50. The molecular formula is C28H27NO4S. The molecule has 2 unspecified atom stereocenters. The van der Waals surface area contributed by atoms with E-state index in [-0.39, 0.29) is 12.0 Å². The van der Waals surface area contributed by atoms with E-state index < -0.39 is 11.0 Å². The number of hydrogen-bond acceptors (Lipinski definition) is 4. The van der Waals surface area contributed by atoms with Crippen LogP contribution in [0.3, 0.4) is 0 Å². The zero-order valence-corrected chi connectivity index (χ0v) is 20.3. The van der Waals surface area contributed by atoms with E-state index in [1.54, 1.807) is 0 Å². The molecule has 6 rings (SSSR count). The van der Waals surface area contributed by atoms with Crippen LogP contribution in [0.2, 0.25) is 0 Å². The predicted octanol–water partition coefficient (Wildman–Crippen LogP) is 6.17. The molecule has 174 valence electrons.